The summed E-state index contributed by atoms with van der Waals surface area (Å²) in [6.45, 7) is 5.62. The molecule has 1 saturated heterocycles. The fraction of sp³-hybridized carbons (Fsp3) is 0.357. The lowest BCUT2D eigenvalue weighted by Gasteiger charge is -2.18. The van der Waals surface area contributed by atoms with Crippen LogP contribution < -0.4 is 18.5 Å². The molecule has 9 nitrogen and oxygen atoms in total. The highest BCUT2D eigenvalue weighted by molar-refractivity contribution is 7.92. The van der Waals surface area contributed by atoms with Gasteiger partial charge in [-0.1, -0.05) is 18.2 Å². The van der Waals surface area contributed by atoms with Crippen molar-refractivity contribution in [2.45, 2.75) is 51.7 Å². The number of aliphatic hydroxyl groups is 1. The lowest BCUT2D eigenvalue weighted by Crippen LogP contribution is -2.29. The molecule has 2 aliphatic rings. The van der Waals surface area contributed by atoms with E-state index in [2.05, 4.69) is 17.1 Å². The third-order valence-electron chi connectivity index (χ3n) is 6.75. The van der Waals surface area contributed by atoms with Crippen molar-refractivity contribution >= 4 is 21.8 Å². The molecule has 1 aromatic heterocycles. The molecule has 1 fully saturated rings. The number of carbonyl (C=O) groups excluding carboxylic acids is 1. The van der Waals surface area contributed by atoms with Gasteiger partial charge in [0.1, 0.15) is 18.4 Å². The zero-order valence-electron chi connectivity index (χ0n) is 21.6. The maximum absolute atomic E-state index is 12.1. The average Bonchev–Trinajstić information content (AvgIpc) is 3.38. The maximum Gasteiger partial charge on any atom is 0.326 e. The molecule has 1 unspecified atom stereocenters. The van der Waals surface area contributed by atoms with Crippen LogP contribution >= 0.6 is 0 Å². The van der Waals surface area contributed by atoms with Crippen LogP contribution in [0.4, 0.5) is 5.69 Å². The quantitative estimate of drug-likeness (QED) is 0.448. The zero-order chi connectivity index (χ0) is 27.1. The van der Waals surface area contributed by atoms with E-state index in [4.69, 9.17) is 9.47 Å². The number of pyridine rings is 1. The van der Waals surface area contributed by atoms with E-state index in [1.165, 1.54) is 5.56 Å². The molecular weight excluding hydrogens is 506 g/mol. The highest BCUT2D eigenvalue weighted by Gasteiger charge is 2.34. The second kappa shape index (κ2) is 9.92. The van der Waals surface area contributed by atoms with Crippen LogP contribution in [0.2, 0.25) is 0 Å². The molecule has 0 bridgehead atoms. The van der Waals surface area contributed by atoms with Gasteiger partial charge in [-0.05, 0) is 80.6 Å². The summed E-state index contributed by atoms with van der Waals surface area (Å²) in [5, 5.41) is 9.88. The summed E-state index contributed by atoms with van der Waals surface area (Å²) >= 11 is 0. The Kier molecular flexibility index (Phi) is 6.79. The monoisotopic (exact) mass is 537 g/mol. The van der Waals surface area contributed by atoms with E-state index in [0.29, 0.717) is 30.3 Å². The smallest absolute Gasteiger partial charge is 0.326 e. The number of hydrogen-bond acceptors (Lipinski definition) is 7. The SMILES string of the molecule is Cc1nc(OCCC(C)(C)O)ccc1-c1cccc2c1CCC2Oc1ccc(N2CC(=O)NS2(=O)=O)cc1. The molecule has 0 radical (unpaired) electrons. The Balaban J connectivity index is 1.31. The summed E-state index contributed by atoms with van der Waals surface area (Å²) in [6.07, 6.45) is 2.06. The van der Waals surface area contributed by atoms with Crippen molar-refractivity contribution < 1.29 is 27.8 Å². The second-order valence-corrected chi connectivity index (χ2v) is 11.8. The number of rotatable bonds is 8. The van der Waals surface area contributed by atoms with Gasteiger partial charge in [0.25, 0.3) is 5.91 Å². The van der Waals surface area contributed by atoms with Crippen molar-refractivity contribution in [3.05, 3.63) is 71.4 Å². The highest BCUT2D eigenvalue weighted by Crippen LogP contribution is 2.41. The largest absolute Gasteiger partial charge is 0.486 e. The average molecular weight is 538 g/mol. The first-order valence-electron chi connectivity index (χ1n) is 12.6. The van der Waals surface area contributed by atoms with Crippen LogP contribution in [0.25, 0.3) is 11.1 Å². The van der Waals surface area contributed by atoms with Crippen LogP contribution in [0, 0.1) is 6.92 Å². The van der Waals surface area contributed by atoms with Crippen molar-refractivity contribution in [1.29, 1.82) is 0 Å². The Hall–Kier alpha value is -3.63. The number of amides is 1. The molecular formula is C28H31N3O6S. The molecule has 1 aliphatic carbocycles. The van der Waals surface area contributed by atoms with E-state index in [-0.39, 0.29) is 12.6 Å². The van der Waals surface area contributed by atoms with Gasteiger partial charge >= 0.3 is 10.2 Å². The molecule has 5 rings (SSSR count). The van der Waals surface area contributed by atoms with Gasteiger partial charge in [-0.15, -0.1) is 0 Å². The van der Waals surface area contributed by atoms with Crippen molar-refractivity contribution in [2.24, 2.45) is 0 Å². The molecule has 38 heavy (non-hydrogen) atoms. The second-order valence-electron chi connectivity index (χ2n) is 10.2. The number of ether oxygens (including phenoxy) is 2. The predicted octanol–water partition coefficient (Wildman–Crippen LogP) is 3.84. The number of anilines is 1. The highest BCUT2D eigenvalue weighted by atomic mass is 32.2. The van der Waals surface area contributed by atoms with Gasteiger partial charge < -0.3 is 14.6 Å². The molecule has 200 valence electrons. The van der Waals surface area contributed by atoms with Gasteiger partial charge in [-0.3, -0.25) is 4.79 Å². The van der Waals surface area contributed by atoms with E-state index in [0.717, 1.165) is 39.5 Å². The van der Waals surface area contributed by atoms with E-state index >= 15 is 0 Å². The third-order valence-corrected chi connectivity index (χ3v) is 8.16. The Labute approximate surface area is 222 Å². The van der Waals surface area contributed by atoms with Crippen molar-refractivity contribution in [2.75, 3.05) is 17.5 Å². The third kappa shape index (κ3) is 5.46. The Morgan fingerprint density at radius 1 is 1.11 bits per heavy atom. The number of nitrogens with zero attached hydrogens (tertiary/aromatic N) is 2. The van der Waals surface area contributed by atoms with Gasteiger partial charge in [-0.25, -0.2) is 14.0 Å². The number of aromatic nitrogens is 1. The molecule has 1 atom stereocenters. The number of fused-ring (bicyclic) bond motifs is 1. The van der Waals surface area contributed by atoms with Gasteiger partial charge in [0, 0.05) is 23.7 Å². The summed E-state index contributed by atoms with van der Waals surface area (Å²) in [6, 6.07) is 16.8. The van der Waals surface area contributed by atoms with Gasteiger partial charge in [0.15, 0.2) is 0 Å². The van der Waals surface area contributed by atoms with Crippen molar-refractivity contribution in [3.8, 4) is 22.8 Å². The molecule has 1 aliphatic heterocycles. The first-order valence-corrected chi connectivity index (χ1v) is 14.0. The van der Waals surface area contributed by atoms with Crippen LogP contribution in [0.15, 0.2) is 54.6 Å². The van der Waals surface area contributed by atoms with Gasteiger partial charge in [0.2, 0.25) is 5.88 Å². The molecule has 1 amide bonds. The number of nitrogens with one attached hydrogen (secondary N) is 1. The van der Waals surface area contributed by atoms with E-state index in [1.807, 2.05) is 29.8 Å². The van der Waals surface area contributed by atoms with E-state index in [1.54, 1.807) is 38.1 Å². The van der Waals surface area contributed by atoms with E-state index < -0.39 is 21.7 Å². The first kappa shape index (κ1) is 26.0. The summed E-state index contributed by atoms with van der Waals surface area (Å²) in [4.78, 5) is 16.2. The minimum atomic E-state index is -3.84. The molecule has 2 heterocycles. The van der Waals surface area contributed by atoms with Crippen LogP contribution in [0.5, 0.6) is 11.6 Å². The van der Waals surface area contributed by atoms with E-state index in [9.17, 15) is 18.3 Å². The Morgan fingerprint density at radius 3 is 2.53 bits per heavy atom. The Morgan fingerprint density at radius 2 is 1.87 bits per heavy atom. The topological polar surface area (TPSA) is 118 Å². The first-order chi connectivity index (χ1) is 18.0. The van der Waals surface area contributed by atoms with Crippen LogP contribution in [0.1, 0.15) is 49.6 Å². The molecule has 3 aromatic rings. The number of benzene rings is 2. The molecule has 10 heteroatoms. The normalized spacial score (nSPS) is 18.3. The number of aryl methyl sites for hydroxylation is 1. The lowest BCUT2D eigenvalue weighted by molar-refractivity contribution is -0.117. The summed E-state index contributed by atoms with van der Waals surface area (Å²) in [7, 11) is -3.84. The lowest BCUT2D eigenvalue weighted by atomic mass is 9.96. The van der Waals surface area contributed by atoms with Gasteiger partial charge in [0.05, 0.1) is 17.9 Å². The number of hydrogen-bond donors (Lipinski definition) is 2. The predicted molar refractivity (Wildman–Crippen MR) is 143 cm³/mol. The summed E-state index contributed by atoms with van der Waals surface area (Å²) in [5.74, 6) is 0.606. The Bertz CT molecular complexity index is 1460. The fourth-order valence-corrected chi connectivity index (χ4v) is 5.98. The molecule has 0 saturated carbocycles. The standard InChI is InChI=1S/C28H31N3O6S/c1-18-21(12-14-27(29-18)36-16-15-28(2,3)33)22-5-4-6-24-23(22)11-13-25(24)37-20-9-7-19(8-10-20)31-17-26(32)30-38(31,34)35/h4-10,12,14,25,33H,11,13,15-17H2,1-3H3,(H,30,32). The molecule has 0 spiro atoms. The minimum Gasteiger partial charge on any atom is -0.486 e. The minimum absolute atomic E-state index is 0.132. The van der Waals surface area contributed by atoms with Crippen LogP contribution in [-0.2, 0) is 21.4 Å². The van der Waals surface area contributed by atoms with Crippen LogP contribution in [0.3, 0.4) is 0 Å². The van der Waals surface area contributed by atoms with Crippen molar-refractivity contribution in [3.63, 3.8) is 0 Å². The zero-order valence-corrected chi connectivity index (χ0v) is 22.4. The summed E-state index contributed by atoms with van der Waals surface area (Å²) in [5.41, 5.74) is 4.98. The maximum atomic E-state index is 12.1. The summed E-state index contributed by atoms with van der Waals surface area (Å²) < 4.78 is 39.2. The fourth-order valence-electron chi connectivity index (χ4n) is 4.83. The van der Waals surface area contributed by atoms with Gasteiger partial charge in [-0.2, -0.15) is 8.42 Å². The van der Waals surface area contributed by atoms with Crippen molar-refractivity contribution in [1.82, 2.24) is 9.71 Å². The number of carbonyl (C=O) groups is 1. The molecule has 2 N–H and O–H groups in total. The molecule has 2 aromatic carbocycles. The van der Waals surface area contributed by atoms with Crippen LogP contribution in [-0.4, -0.2) is 43.2 Å².